The van der Waals surface area contributed by atoms with E-state index in [2.05, 4.69) is 10.3 Å². The first kappa shape index (κ1) is 12.3. The van der Waals surface area contributed by atoms with E-state index in [9.17, 15) is 9.18 Å². The number of aromatic nitrogens is 1. The topological polar surface area (TPSA) is 55.1 Å². The van der Waals surface area contributed by atoms with Crippen molar-refractivity contribution in [2.75, 3.05) is 0 Å². The van der Waals surface area contributed by atoms with E-state index in [1.54, 1.807) is 19.9 Å². The van der Waals surface area contributed by atoms with E-state index in [0.29, 0.717) is 11.7 Å². The molecule has 1 aromatic heterocycles. The number of aryl methyl sites for hydroxylation is 2. The number of carbonyl (C=O) groups excluding carboxylic acids is 1. The highest BCUT2D eigenvalue weighted by molar-refractivity contribution is 5.94. The van der Waals surface area contributed by atoms with Gasteiger partial charge in [-0.15, -0.1) is 0 Å². The summed E-state index contributed by atoms with van der Waals surface area (Å²) >= 11 is 0. The van der Waals surface area contributed by atoms with Crippen LogP contribution < -0.4 is 5.32 Å². The number of rotatable bonds is 3. The molecular weight excluding hydrogens is 235 g/mol. The number of nitrogens with one attached hydrogen (secondary N) is 1. The van der Waals surface area contributed by atoms with Gasteiger partial charge < -0.3 is 9.73 Å². The Morgan fingerprint density at radius 2 is 2.22 bits per heavy atom. The number of benzene rings is 1. The van der Waals surface area contributed by atoms with Crippen LogP contribution in [0.4, 0.5) is 4.39 Å². The lowest BCUT2D eigenvalue weighted by atomic mass is 10.2. The maximum absolute atomic E-state index is 12.9. The Hall–Kier alpha value is -2.17. The zero-order valence-electron chi connectivity index (χ0n) is 10.2. The minimum absolute atomic E-state index is 0.238. The Morgan fingerprint density at radius 3 is 2.83 bits per heavy atom. The molecule has 94 valence electrons. The molecule has 18 heavy (non-hydrogen) atoms. The molecule has 4 nitrogen and oxygen atoms in total. The molecular formula is C13H13FN2O2. The number of halogens is 1. The molecule has 1 aromatic carbocycles. The van der Waals surface area contributed by atoms with E-state index in [4.69, 9.17) is 4.42 Å². The summed E-state index contributed by atoms with van der Waals surface area (Å²) in [6.45, 7) is 3.78. The molecule has 1 heterocycles. The van der Waals surface area contributed by atoms with Crippen molar-refractivity contribution in [3.8, 4) is 0 Å². The maximum atomic E-state index is 12.9. The second kappa shape index (κ2) is 5.00. The maximum Gasteiger partial charge on any atom is 0.251 e. The number of amides is 1. The smallest absolute Gasteiger partial charge is 0.251 e. The zero-order chi connectivity index (χ0) is 13.1. The van der Waals surface area contributed by atoms with Crippen LogP contribution in [0.3, 0.4) is 0 Å². The van der Waals surface area contributed by atoms with Gasteiger partial charge in [-0.1, -0.05) is 6.07 Å². The summed E-state index contributed by atoms with van der Waals surface area (Å²) in [6.07, 6.45) is 0. The molecule has 5 heteroatoms. The van der Waals surface area contributed by atoms with Crippen molar-refractivity contribution in [2.45, 2.75) is 20.4 Å². The Bertz CT molecular complexity index is 578. The van der Waals surface area contributed by atoms with Crippen molar-refractivity contribution in [3.63, 3.8) is 0 Å². The van der Waals surface area contributed by atoms with Gasteiger partial charge in [0.25, 0.3) is 5.91 Å². The first-order valence-electron chi connectivity index (χ1n) is 5.53. The van der Waals surface area contributed by atoms with Crippen molar-refractivity contribution < 1.29 is 13.6 Å². The molecule has 0 aliphatic carbocycles. The normalized spacial score (nSPS) is 10.4. The van der Waals surface area contributed by atoms with Gasteiger partial charge in [0.15, 0.2) is 5.89 Å². The summed E-state index contributed by atoms with van der Waals surface area (Å²) < 4.78 is 18.3. The van der Waals surface area contributed by atoms with Gasteiger partial charge in [0.2, 0.25) is 0 Å². The van der Waals surface area contributed by atoms with E-state index in [1.165, 1.54) is 18.2 Å². The van der Waals surface area contributed by atoms with Crippen molar-refractivity contribution in [1.82, 2.24) is 10.3 Å². The molecule has 0 saturated carbocycles. The Labute approximate surface area is 104 Å². The van der Waals surface area contributed by atoms with Gasteiger partial charge in [-0.2, -0.15) is 0 Å². The second-order valence-electron chi connectivity index (χ2n) is 3.93. The first-order chi connectivity index (χ1) is 8.56. The van der Waals surface area contributed by atoms with Crippen LogP contribution in [-0.2, 0) is 6.54 Å². The summed E-state index contributed by atoms with van der Waals surface area (Å²) in [4.78, 5) is 15.8. The minimum atomic E-state index is -0.436. The molecule has 1 amide bonds. The molecule has 2 rings (SSSR count). The van der Waals surface area contributed by atoms with Gasteiger partial charge in [0.05, 0.1) is 12.2 Å². The molecule has 0 aliphatic rings. The van der Waals surface area contributed by atoms with Crippen LogP contribution in [-0.4, -0.2) is 10.9 Å². The number of hydrogen-bond acceptors (Lipinski definition) is 3. The van der Waals surface area contributed by atoms with E-state index >= 15 is 0 Å². The highest BCUT2D eigenvalue weighted by atomic mass is 19.1. The highest BCUT2D eigenvalue weighted by Crippen LogP contribution is 2.09. The van der Waals surface area contributed by atoms with Crippen molar-refractivity contribution >= 4 is 5.91 Å². The van der Waals surface area contributed by atoms with Gasteiger partial charge in [-0.05, 0) is 25.1 Å². The minimum Gasteiger partial charge on any atom is -0.444 e. The van der Waals surface area contributed by atoms with Crippen LogP contribution in [0.2, 0.25) is 0 Å². The van der Waals surface area contributed by atoms with E-state index < -0.39 is 5.82 Å². The van der Waals surface area contributed by atoms with Gasteiger partial charge in [-0.3, -0.25) is 4.79 Å². The number of hydrogen-bond donors (Lipinski definition) is 1. The summed E-state index contributed by atoms with van der Waals surface area (Å²) in [5.74, 6) is 0.386. The van der Waals surface area contributed by atoms with Crippen molar-refractivity contribution in [3.05, 3.63) is 53.0 Å². The Morgan fingerprint density at radius 1 is 1.44 bits per heavy atom. The van der Waals surface area contributed by atoms with Gasteiger partial charge in [0.1, 0.15) is 11.6 Å². The predicted molar refractivity (Wildman–Crippen MR) is 63.5 cm³/mol. The molecule has 1 N–H and O–H groups in total. The first-order valence-corrected chi connectivity index (χ1v) is 5.53. The van der Waals surface area contributed by atoms with E-state index in [-0.39, 0.29) is 18.0 Å². The molecule has 0 spiro atoms. The highest BCUT2D eigenvalue weighted by Gasteiger charge is 2.10. The molecule has 0 saturated heterocycles. The van der Waals surface area contributed by atoms with Crippen LogP contribution in [0.5, 0.6) is 0 Å². The monoisotopic (exact) mass is 248 g/mol. The molecule has 0 atom stereocenters. The van der Waals surface area contributed by atoms with Crippen LogP contribution in [0.15, 0.2) is 28.7 Å². The third kappa shape index (κ3) is 2.74. The van der Waals surface area contributed by atoms with Crippen LogP contribution in [0, 0.1) is 19.7 Å². The van der Waals surface area contributed by atoms with Crippen LogP contribution in [0.25, 0.3) is 0 Å². The van der Waals surface area contributed by atoms with Crippen LogP contribution >= 0.6 is 0 Å². The SMILES string of the molecule is Cc1nc(C)c(CNC(=O)c2cccc(F)c2)o1. The predicted octanol–water partition coefficient (Wildman–Crippen LogP) is 2.36. The largest absolute Gasteiger partial charge is 0.444 e. The molecule has 2 aromatic rings. The zero-order valence-corrected chi connectivity index (χ0v) is 10.2. The number of nitrogens with zero attached hydrogens (tertiary/aromatic N) is 1. The standard InChI is InChI=1S/C13H13FN2O2/c1-8-12(18-9(2)16-8)7-15-13(17)10-4-3-5-11(14)6-10/h3-6H,7H2,1-2H3,(H,15,17). The van der Waals surface area contributed by atoms with Gasteiger partial charge >= 0.3 is 0 Å². The molecule has 0 bridgehead atoms. The average molecular weight is 248 g/mol. The fourth-order valence-corrected chi connectivity index (χ4v) is 1.63. The quantitative estimate of drug-likeness (QED) is 0.907. The van der Waals surface area contributed by atoms with Gasteiger partial charge in [0, 0.05) is 12.5 Å². The molecule has 0 unspecified atom stereocenters. The fourth-order valence-electron chi connectivity index (χ4n) is 1.63. The van der Waals surface area contributed by atoms with Crippen molar-refractivity contribution in [1.29, 1.82) is 0 Å². The van der Waals surface area contributed by atoms with E-state index in [1.807, 2.05) is 0 Å². The lowest BCUT2D eigenvalue weighted by Crippen LogP contribution is -2.23. The number of carbonyl (C=O) groups is 1. The summed E-state index contributed by atoms with van der Waals surface area (Å²) in [6, 6.07) is 5.53. The number of oxazole rings is 1. The lowest BCUT2D eigenvalue weighted by molar-refractivity contribution is 0.0947. The van der Waals surface area contributed by atoms with Crippen LogP contribution in [0.1, 0.15) is 27.7 Å². The third-order valence-corrected chi connectivity index (χ3v) is 2.50. The lowest BCUT2D eigenvalue weighted by Gasteiger charge is -2.03. The van der Waals surface area contributed by atoms with Crippen molar-refractivity contribution in [2.24, 2.45) is 0 Å². The average Bonchev–Trinajstić information content (AvgIpc) is 2.65. The third-order valence-electron chi connectivity index (χ3n) is 2.50. The van der Waals surface area contributed by atoms with Gasteiger partial charge in [-0.25, -0.2) is 9.37 Å². The summed E-state index contributed by atoms with van der Waals surface area (Å²) in [5.41, 5.74) is 1.02. The Kier molecular flexibility index (Phi) is 3.41. The molecule has 0 fully saturated rings. The Balaban J connectivity index is 2.02. The molecule has 0 radical (unpaired) electrons. The summed E-state index contributed by atoms with van der Waals surface area (Å²) in [5, 5.41) is 2.66. The summed E-state index contributed by atoms with van der Waals surface area (Å²) in [7, 11) is 0. The van der Waals surface area contributed by atoms with E-state index in [0.717, 1.165) is 5.69 Å². The molecule has 0 aliphatic heterocycles. The fraction of sp³-hybridized carbons (Fsp3) is 0.231. The second-order valence-corrected chi connectivity index (χ2v) is 3.93.